The van der Waals surface area contributed by atoms with Gasteiger partial charge in [-0.3, -0.25) is 0 Å². The molecule has 0 aromatic heterocycles. The van der Waals surface area contributed by atoms with Crippen LogP contribution in [0.2, 0.25) is 5.02 Å². The molecule has 2 atom stereocenters. The number of ether oxygens (including phenoxy) is 1. The second kappa shape index (κ2) is 6.48. The molecule has 0 spiro atoms. The Morgan fingerprint density at radius 1 is 1.33 bits per heavy atom. The van der Waals surface area contributed by atoms with Gasteiger partial charge in [-0.25, -0.2) is 0 Å². The van der Waals surface area contributed by atoms with Crippen LogP contribution in [0.4, 0.5) is 0 Å². The van der Waals surface area contributed by atoms with Crippen LogP contribution in [0.3, 0.4) is 0 Å². The first-order valence-corrected chi connectivity index (χ1v) is 8.02. The molecule has 21 heavy (non-hydrogen) atoms. The maximum Gasteiger partial charge on any atom is 0.168 e. The molecule has 2 aliphatic rings. The molecule has 114 valence electrons. The molecule has 1 aromatic rings. The van der Waals surface area contributed by atoms with Gasteiger partial charge in [-0.1, -0.05) is 17.7 Å². The Labute approximate surface area is 135 Å². The molecule has 0 aliphatic carbocycles. The van der Waals surface area contributed by atoms with Gasteiger partial charge in [-0.2, -0.15) is 0 Å². The highest BCUT2D eigenvalue weighted by Crippen LogP contribution is 2.27. The van der Waals surface area contributed by atoms with Gasteiger partial charge in [0.25, 0.3) is 0 Å². The maximum absolute atomic E-state index is 6.33. The van der Waals surface area contributed by atoms with Crippen molar-refractivity contribution in [2.75, 3.05) is 39.9 Å². The number of nitrogens with one attached hydrogen (secondary N) is 2. The number of morpholine rings is 1. The predicted molar refractivity (Wildman–Crippen MR) is 89.0 cm³/mol. The number of nitrogens with zero attached hydrogens (tertiary/aromatic N) is 1. The van der Waals surface area contributed by atoms with Crippen LogP contribution in [0, 0.1) is 0 Å². The lowest BCUT2D eigenvalue weighted by Gasteiger charge is -2.33. The van der Waals surface area contributed by atoms with Crippen molar-refractivity contribution in [2.24, 2.45) is 0 Å². The first kappa shape index (κ1) is 15.0. The zero-order chi connectivity index (χ0) is 14.8. The van der Waals surface area contributed by atoms with Gasteiger partial charge in [0, 0.05) is 37.6 Å². The lowest BCUT2D eigenvalue weighted by Crippen LogP contribution is -2.47. The molecule has 2 aliphatic heterocycles. The van der Waals surface area contributed by atoms with Crippen LogP contribution in [-0.2, 0) is 4.74 Å². The van der Waals surface area contributed by atoms with Crippen LogP contribution in [0.1, 0.15) is 23.1 Å². The first-order chi connectivity index (χ1) is 10.1. The molecule has 2 N–H and O–H groups in total. The van der Waals surface area contributed by atoms with E-state index in [1.54, 1.807) is 0 Å². The topological polar surface area (TPSA) is 36.5 Å². The number of likely N-dealkylation sites (N-methyl/N-ethyl adjacent to an activating group) is 1. The standard InChI is InChI=1S/C15H20ClN3OS/c1-19-8-12(7-18-15(19)21)10-4-11(6-13(16)5-10)14-9-20-3-2-17-14/h4-6,12,14,17H,2-3,7-9H2,1H3,(H,18,21)/t12?,14-/m0/s1. The van der Waals surface area contributed by atoms with Crippen molar-refractivity contribution in [1.29, 1.82) is 0 Å². The maximum atomic E-state index is 6.33. The van der Waals surface area contributed by atoms with Crippen molar-refractivity contribution in [1.82, 2.24) is 15.5 Å². The molecular weight excluding hydrogens is 306 g/mol. The van der Waals surface area contributed by atoms with Crippen LogP contribution >= 0.6 is 23.8 Å². The van der Waals surface area contributed by atoms with Gasteiger partial charge < -0.3 is 20.3 Å². The second-order valence-electron chi connectivity index (χ2n) is 5.66. The van der Waals surface area contributed by atoms with E-state index in [1.807, 2.05) is 13.1 Å². The molecule has 1 aromatic carbocycles. The summed E-state index contributed by atoms with van der Waals surface area (Å²) in [5.41, 5.74) is 2.46. The Morgan fingerprint density at radius 2 is 2.14 bits per heavy atom. The SMILES string of the molecule is CN1CC(c2cc(Cl)cc([C@@H]3COCCN3)c2)CNC1=S. The van der Waals surface area contributed by atoms with E-state index >= 15 is 0 Å². The fraction of sp³-hybridized carbons (Fsp3) is 0.533. The summed E-state index contributed by atoms with van der Waals surface area (Å²) in [7, 11) is 2.02. The zero-order valence-corrected chi connectivity index (χ0v) is 13.6. The minimum Gasteiger partial charge on any atom is -0.378 e. The largest absolute Gasteiger partial charge is 0.378 e. The van der Waals surface area contributed by atoms with Gasteiger partial charge in [0.15, 0.2) is 5.11 Å². The Kier molecular flexibility index (Phi) is 4.64. The van der Waals surface area contributed by atoms with E-state index in [-0.39, 0.29) is 6.04 Å². The zero-order valence-electron chi connectivity index (χ0n) is 12.1. The number of hydrogen-bond acceptors (Lipinski definition) is 3. The molecule has 0 bridgehead atoms. The Morgan fingerprint density at radius 3 is 2.86 bits per heavy atom. The monoisotopic (exact) mass is 325 g/mol. The van der Waals surface area contributed by atoms with Crippen molar-refractivity contribution in [3.8, 4) is 0 Å². The summed E-state index contributed by atoms with van der Waals surface area (Å²) in [4.78, 5) is 2.08. The summed E-state index contributed by atoms with van der Waals surface area (Å²) in [5.74, 6) is 0.392. The molecule has 0 amide bonds. The first-order valence-electron chi connectivity index (χ1n) is 7.24. The molecule has 1 unspecified atom stereocenters. The van der Waals surface area contributed by atoms with Crippen molar-refractivity contribution in [3.05, 3.63) is 34.3 Å². The van der Waals surface area contributed by atoms with E-state index in [0.717, 1.165) is 36.4 Å². The molecule has 2 saturated heterocycles. The number of hydrogen-bond donors (Lipinski definition) is 2. The summed E-state index contributed by atoms with van der Waals surface area (Å²) in [6.45, 7) is 4.14. The average Bonchev–Trinajstić information content (AvgIpc) is 2.50. The van der Waals surface area contributed by atoms with Crippen LogP contribution in [-0.4, -0.2) is 49.9 Å². The molecule has 2 fully saturated rings. The highest BCUT2D eigenvalue weighted by Gasteiger charge is 2.23. The number of halogens is 1. The number of benzene rings is 1. The Bertz CT molecular complexity index is 534. The summed E-state index contributed by atoms with van der Waals surface area (Å²) in [6.07, 6.45) is 0. The van der Waals surface area contributed by atoms with E-state index in [9.17, 15) is 0 Å². The van der Waals surface area contributed by atoms with E-state index in [0.29, 0.717) is 12.5 Å². The minimum absolute atomic E-state index is 0.228. The summed E-state index contributed by atoms with van der Waals surface area (Å²) in [6, 6.07) is 6.56. The molecule has 3 rings (SSSR count). The second-order valence-corrected chi connectivity index (χ2v) is 6.49. The van der Waals surface area contributed by atoms with Gasteiger partial charge >= 0.3 is 0 Å². The van der Waals surface area contributed by atoms with Crippen LogP contribution in [0.25, 0.3) is 0 Å². The number of rotatable bonds is 2. The Hall–Kier alpha value is -0.880. The summed E-state index contributed by atoms with van der Waals surface area (Å²) < 4.78 is 5.55. The van der Waals surface area contributed by atoms with Crippen molar-refractivity contribution in [3.63, 3.8) is 0 Å². The van der Waals surface area contributed by atoms with Crippen LogP contribution in [0.5, 0.6) is 0 Å². The lowest BCUT2D eigenvalue weighted by atomic mass is 9.93. The third-order valence-electron chi connectivity index (χ3n) is 4.08. The summed E-state index contributed by atoms with van der Waals surface area (Å²) in [5, 5.41) is 8.35. The van der Waals surface area contributed by atoms with Crippen molar-refractivity contribution >= 4 is 28.9 Å². The molecule has 0 radical (unpaired) electrons. The van der Waals surface area contributed by atoms with E-state index in [2.05, 4.69) is 27.7 Å². The molecule has 6 heteroatoms. The van der Waals surface area contributed by atoms with Gasteiger partial charge in [0.05, 0.1) is 19.3 Å². The third kappa shape index (κ3) is 3.48. The van der Waals surface area contributed by atoms with Gasteiger partial charge in [0.1, 0.15) is 0 Å². The minimum atomic E-state index is 0.228. The van der Waals surface area contributed by atoms with Gasteiger partial charge in [-0.15, -0.1) is 0 Å². The van der Waals surface area contributed by atoms with E-state index < -0.39 is 0 Å². The third-order valence-corrected chi connectivity index (χ3v) is 4.75. The highest BCUT2D eigenvalue weighted by atomic mass is 35.5. The number of thiocarbonyl (C=S) groups is 1. The van der Waals surface area contributed by atoms with Gasteiger partial charge in [0.2, 0.25) is 0 Å². The Balaban J connectivity index is 1.82. The van der Waals surface area contributed by atoms with E-state index in [4.69, 9.17) is 28.6 Å². The summed E-state index contributed by atoms with van der Waals surface area (Å²) >= 11 is 11.6. The quantitative estimate of drug-likeness (QED) is 0.812. The highest BCUT2D eigenvalue weighted by molar-refractivity contribution is 7.80. The fourth-order valence-corrected chi connectivity index (χ4v) is 3.31. The van der Waals surface area contributed by atoms with Gasteiger partial charge in [-0.05, 0) is 35.5 Å². The molecule has 4 nitrogen and oxygen atoms in total. The fourth-order valence-electron chi connectivity index (χ4n) is 2.90. The van der Waals surface area contributed by atoms with Crippen LogP contribution in [0.15, 0.2) is 18.2 Å². The van der Waals surface area contributed by atoms with Crippen molar-refractivity contribution < 1.29 is 4.74 Å². The molecule has 2 heterocycles. The van der Waals surface area contributed by atoms with E-state index in [1.165, 1.54) is 11.1 Å². The molecular formula is C15H20ClN3OS. The normalized spacial score (nSPS) is 26.6. The lowest BCUT2D eigenvalue weighted by molar-refractivity contribution is 0.0768. The van der Waals surface area contributed by atoms with Crippen molar-refractivity contribution in [2.45, 2.75) is 12.0 Å². The van der Waals surface area contributed by atoms with Crippen LogP contribution < -0.4 is 10.6 Å². The molecule has 0 saturated carbocycles. The smallest absolute Gasteiger partial charge is 0.168 e. The predicted octanol–water partition coefficient (Wildman–Crippen LogP) is 1.90. The average molecular weight is 326 g/mol.